The van der Waals surface area contributed by atoms with Crippen molar-refractivity contribution in [3.63, 3.8) is 0 Å². The quantitative estimate of drug-likeness (QED) is 0.0545. The van der Waals surface area contributed by atoms with Gasteiger partial charge in [0.1, 0.15) is 0 Å². The van der Waals surface area contributed by atoms with Gasteiger partial charge < -0.3 is 10.4 Å². The van der Waals surface area contributed by atoms with E-state index in [0.717, 1.165) is 23.0 Å². The molecule has 2 N–H and O–H groups in total. The molecule has 5 heteroatoms. The number of nitrogens with one attached hydrogen (secondary N) is 1. The summed E-state index contributed by atoms with van der Waals surface area (Å²) >= 11 is 11.8. The lowest BCUT2D eigenvalue weighted by atomic mass is 10.0. The van der Waals surface area contributed by atoms with Crippen molar-refractivity contribution in [3.8, 4) is 0 Å². The molecular weight excluding hydrogens is 547 g/mol. The fourth-order valence-electron chi connectivity index (χ4n) is 5.14. The van der Waals surface area contributed by atoms with E-state index in [0.29, 0.717) is 11.4 Å². The van der Waals surface area contributed by atoms with E-state index < -0.39 is 5.06 Å². The van der Waals surface area contributed by atoms with E-state index in [-0.39, 0.29) is 0 Å². The molecule has 0 saturated heterocycles. The van der Waals surface area contributed by atoms with Crippen molar-refractivity contribution in [2.75, 3.05) is 0 Å². The van der Waals surface area contributed by atoms with Gasteiger partial charge in [0.05, 0.1) is 9.19 Å². The molecule has 0 amide bonds. The Balaban J connectivity index is 0.000000906. The highest BCUT2D eigenvalue weighted by Gasteiger charge is 2.27. The Morgan fingerprint density at radius 3 is 1.38 bits per heavy atom. The van der Waals surface area contributed by atoms with Crippen molar-refractivity contribution in [1.82, 2.24) is 5.32 Å². The number of aliphatic hydroxyl groups is 1. The van der Waals surface area contributed by atoms with E-state index in [4.69, 9.17) is 24.4 Å². The molecule has 1 aliphatic rings. The van der Waals surface area contributed by atoms with Gasteiger partial charge in [-0.05, 0) is 25.7 Å². The first-order valence-corrected chi connectivity index (χ1v) is 19.2. The number of thiocarbonyl (C=S) groups is 2. The minimum Gasteiger partial charge on any atom is -0.362 e. The number of unbranched alkanes of at least 4 members (excludes halogenated alkanes) is 20. The van der Waals surface area contributed by atoms with Crippen LogP contribution in [0.5, 0.6) is 0 Å². The van der Waals surface area contributed by atoms with E-state index in [1.54, 1.807) is 6.92 Å². The predicted octanol–water partition coefficient (Wildman–Crippen LogP) is 12.8. The van der Waals surface area contributed by atoms with Crippen molar-refractivity contribution >= 4 is 45.4 Å². The summed E-state index contributed by atoms with van der Waals surface area (Å²) in [4.78, 5) is 0.602. The highest BCUT2D eigenvalue weighted by molar-refractivity contribution is 8.23. The predicted molar refractivity (Wildman–Crippen MR) is 192 cm³/mol. The summed E-state index contributed by atoms with van der Waals surface area (Å²) in [6, 6.07) is 0. The molecule has 0 spiro atoms. The van der Waals surface area contributed by atoms with Gasteiger partial charge in [-0.3, -0.25) is 0 Å². The van der Waals surface area contributed by atoms with E-state index in [2.05, 4.69) is 19.2 Å². The highest BCUT2D eigenvalue weighted by Crippen LogP contribution is 2.34. The van der Waals surface area contributed by atoms with Crippen LogP contribution >= 0.6 is 36.2 Å². The van der Waals surface area contributed by atoms with Crippen molar-refractivity contribution < 1.29 is 5.11 Å². The first kappa shape index (κ1) is 40.3. The zero-order valence-electron chi connectivity index (χ0n) is 27.3. The molecule has 0 radical (unpaired) electrons. The molecule has 40 heavy (non-hydrogen) atoms. The first-order valence-electron chi connectivity index (χ1n) is 17.6. The number of hydrogen-bond donors (Lipinski definition) is 2. The Labute approximate surface area is 266 Å². The minimum atomic E-state index is -1.04. The molecule has 0 aromatic rings. The molecule has 2 nitrogen and oxygen atoms in total. The van der Waals surface area contributed by atoms with Crippen LogP contribution < -0.4 is 5.32 Å². The molecule has 0 heterocycles. The molecule has 0 bridgehead atoms. The second-order valence-electron chi connectivity index (χ2n) is 12.3. The van der Waals surface area contributed by atoms with Crippen LogP contribution in [0, 0.1) is 5.92 Å². The third kappa shape index (κ3) is 29.8. The van der Waals surface area contributed by atoms with Gasteiger partial charge in [0.2, 0.25) is 0 Å². The van der Waals surface area contributed by atoms with Crippen LogP contribution in [-0.4, -0.2) is 19.3 Å². The highest BCUT2D eigenvalue weighted by atomic mass is 32.2. The second kappa shape index (κ2) is 29.4. The fourth-order valence-corrected chi connectivity index (χ4v) is 6.90. The smallest absolute Gasteiger partial charge is 0.189 e. The lowest BCUT2D eigenvalue weighted by Gasteiger charge is -2.27. The summed E-state index contributed by atoms with van der Waals surface area (Å²) < 4.78 is 0.876. The number of thioether (sulfide) groups is 1. The van der Waals surface area contributed by atoms with Crippen molar-refractivity contribution in [2.24, 2.45) is 5.92 Å². The molecule has 0 aliphatic heterocycles. The van der Waals surface area contributed by atoms with Crippen molar-refractivity contribution in [2.45, 2.75) is 206 Å². The van der Waals surface area contributed by atoms with Gasteiger partial charge in [0.25, 0.3) is 0 Å². The van der Waals surface area contributed by atoms with Crippen LogP contribution in [0.25, 0.3) is 0 Å². The van der Waals surface area contributed by atoms with Crippen LogP contribution in [0.1, 0.15) is 201 Å². The summed E-state index contributed by atoms with van der Waals surface area (Å²) in [6.45, 7) is 8.28. The zero-order chi connectivity index (χ0) is 29.7. The maximum absolute atomic E-state index is 10.4. The molecule has 1 atom stereocenters. The Hall–Kier alpha value is 0.290. The van der Waals surface area contributed by atoms with Gasteiger partial charge in [0.15, 0.2) is 5.06 Å². The molecule has 1 aliphatic carbocycles. The maximum atomic E-state index is 10.4. The molecule has 1 rings (SSSR count). The molecule has 0 aromatic heterocycles. The average Bonchev–Trinajstić information content (AvgIpc) is 3.75. The Bertz CT molecular complexity index is 581. The van der Waals surface area contributed by atoms with Crippen LogP contribution in [0.15, 0.2) is 0 Å². The lowest BCUT2D eigenvalue weighted by Crippen LogP contribution is -2.44. The summed E-state index contributed by atoms with van der Waals surface area (Å²) in [5.41, 5.74) is 0. The Morgan fingerprint density at radius 2 is 1.02 bits per heavy atom. The van der Waals surface area contributed by atoms with E-state index in [9.17, 15) is 5.11 Å². The minimum absolute atomic E-state index is 0.574. The summed E-state index contributed by atoms with van der Waals surface area (Å²) in [6.07, 6.45) is 37.0. The van der Waals surface area contributed by atoms with Gasteiger partial charge in [-0.2, -0.15) is 0 Å². The first-order chi connectivity index (χ1) is 19.4. The topological polar surface area (TPSA) is 32.3 Å². The average molecular weight is 616 g/mol. The van der Waals surface area contributed by atoms with Gasteiger partial charge in [0, 0.05) is 6.42 Å². The largest absolute Gasteiger partial charge is 0.362 e. The third-order valence-corrected chi connectivity index (χ3v) is 9.75. The van der Waals surface area contributed by atoms with Gasteiger partial charge >= 0.3 is 0 Å². The Kier molecular flexibility index (Phi) is 29.6. The van der Waals surface area contributed by atoms with Gasteiger partial charge in [-0.25, -0.2) is 0 Å². The monoisotopic (exact) mass is 615 g/mol. The van der Waals surface area contributed by atoms with Crippen LogP contribution in [0.2, 0.25) is 0 Å². The molecule has 0 aromatic carbocycles. The van der Waals surface area contributed by atoms with Crippen molar-refractivity contribution in [1.29, 1.82) is 0 Å². The summed E-state index contributed by atoms with van der Waals surface area (Å²) in [5.74, 6) is 1.15. The SMILES string of the molecule is CCCCCCCCCCCC1CC1.CCCCCCCCCCCCCCCC(=S)SC(O)(CC)NC(C)=S. The molecule has 238 valence electrons. The van der Waals surface area contributed by atoms with Gasteiger partial charge in [-0.15, -0.1) is 0 Å². The normalized spacial score (nSPS) is 14.3. The zero-order valence-corrected chi connectivity index (χ0v) is 29.8. The standard InChI is InChI=1S/C21H41NOS3.C14H28/c1-4-6-7-8-9-10-11-12-13-14-15-16-17-18-20(25)26-21(23,5-2)22-19(3)24;1-2-3-4-5-6-7-8-9-10-11-14-12-13-14/h23H,4-18H2,1-3H3,(H,22,24);14H,2-13H2,1H3. The number of hydrogen-bond acceptors (Lipinski definition) is 4. The van der Waals surface area contributed by atoms with Gasteiger partial charge in [-0.1, -0.05) is 211 Å². The molecule has 1 fully saturated rings. The van der Waals surface area contributed by atoms with Crippen LogP contribution in [0.3, 0.4) is 0 Å². The molecule has 1 unspecified atom stereocenters. The third-order valence-electron chi connectivity index (χ3n) is 8.03. The van der Waals surface area contributed by atoms with Crippen LogP contribution in [0.4, 0.5) is 0 Å². The van der Waals surface area contributed by atoms with Crippen LogP contribution in [-0.2, 0) is 0 Å². The maximum Gasteiger partial charge on any atom is 0.189 e. The molecular formula is C35H69NOS3. The number of rotatable bonds is 27. The van der Waals surface area contributed by atoms with E-state index in [1.165, 1.54) is 166 Å². The molecule has 1 saturated carbocycles. The second-order valence-corrected chi connectivity index (χ2v) is 15.1. The lowest BCUT2D eigenvalue weighted by molar-refractivity contribution is 0.120. The summed E-state index contributed by atoms with van der Waals surface area (Å²) in [5, 5.41) is 12.3. The van der Waals surface area contributed by atoms with E-state index >= 15 is 0 Å². The van der Waals surface area contributed by atoms with Crippen molar-refractivity contribution in [3.05, 3.63) is 0 Å². The summed E-state index contributed by atoms with van der Waals surface area (Å²) in [7, 11) is 0. The Morgan fingerprint density at radius 1 is 0.650 bits per heavy atom. The van der Waals surface area contributed by atoms with E-state index in [1.807, 2.05) is 6.92 Å². The fraction of sp³-hybridized carbons (Fsp3) is 0.943.